The van der Waals surface area contributed by atoms with Crippen molar-refractivity contribution in [3.05, 3.63) is 28.7 Å². The van der Waals surface area contributed by atoms with E-state index in [9.17, 15) is 4.79 Å². The van der Waals surface area contributed by atoms with E-state index in [1.54, 1.807) is 19.1 Å². The van der Waals surface area contributed by atoms with Crippen molar-refractivity contribution in [2.75, 3.05) is 13.2 Å². The lowest BCUT2D eigenvalue weighted by molar-refractivity contribution is -0.123. The van der Waals surface area contributed by atoms with Crippen LogP contribution in [0.3, 0.4) is 0 Å². The first kappa shape index (κ1) is 13.0. The molecule has 1 amide bonds. The maximum atomic E-state index is 11.3. The molecule has 16 heavy (non-hydrogen) atoms. The smallest absolute Gasteiger partial charge is 0.258 e. The molecule has 2 N–H and O–H groups in total. The normalized spacial score (nSPS) is 11.9. The van der Waals surface area contributed by atoms with Gasteiger partial charge in [-0.3, -0.25) is 4.79 Å². The summed E-state index contributed by atoms with van der Waals surface area (Å²) < 4.78 is 6.21. The summed E-state index contributed by atoms with van der Waals surface area (Å²) in [5.41, 5.74) is 0. The summed E-state index contributed by atoms with van der Waals surface area (Å²) in [6.07, 6.45) is 0. The number of nitrogens with one attached hydrogen (secondary N) is 1. The van der Waals surface area contributed by atoms with Gasteiger partial charge in [0.15, 0.2) is 6.61 Å². The highest BCUT2D eigenvalue weighted by molar-refractivity contribution is 9.10. The average molecular weight is 288 g/mol. The third kappa shape index (κ3) is 4.63. The molecule has 4 nitrogen and oxygen atoms in total. The van der Waals surface area contributed by atoms with E-state index in [2.05, 4.69) is 21.2 Å². The van der Waals surface area contributed by atoms with Crippen LogP contribution in [0, 0.1) is 0 Å². The van der Waals surface area contributed by atoms with Crippen LogP contribution in [-0.4, -0.2) is 30.3 Å². The maximum Gasteiger partial charge on any atom is 0.258 e. The molecule has 1 aromatic rings. The van der Waals surface area contributed by atoms with Crippen molar-refractivity contribution >= 4 is 21.8 Å². The Morgan fingerprint density at radius 2 is 2.12 bits per heavy atom. The molecular formula is C11H14BrNO3. The van der Waals surface area contributed by atoms with Crippen molar-refractivity contribution in [3.63, 3.8) is 0 Å². The summed E-state index contributed by atoms with van der Waals surface area (Å²) in [6.45, 7) is 1.59. The van der Waals surface area contributed by atoms with Crippen LogP contribution in [0.15, 0.2) is 28.7 Å². The number of aliphatic hydroxyl groups is 1. The van der Waals surface area contributed by atoms with E-state index in [0.29, 0.717) is 5.75 Å². The number of carbonyl (C=O) groups excluding carboxylic acids is 1. The highest BCUT2D eigenvalue weighted by Gasteiger charge is 2.06. The highest BCUT2D eigenvalue weighted by Crippen LogP contribution is 2.15. The van der Waals surface area contributed by atoms with Gasteiger partial charge in [0.25, 0.3) is 5.91 Å². The fourth-order valence-electron chi connectivity index (χ4n) is 1.04. The van der Waals surface area contributed by atoms with Crippen molar-refractivity contribution in [2.45, 2.75) is 13.0 Å². The molecule has 0 aliphatic heterocycles. The Morgan fingerprint density at radius 3 is 2.69 bits per heavy atom. The minimum absolute atomic E-state index is 0.0496. The van der Waals surface area contributed by atoms with Gasteiger partial charge in [-0.25, -0.2) is 0 Å². The Morgan fingerprint density at radius 1 is 1.50 bits per heavy atom. The van der Waals surface area contributed by atoms with E-state index in [4.69, 9.17) is 9.84 Å². The molecule has 0 saturated carbocycles. The molecule has 5 heteroatoms. The van der Waals surface area contributed by atoms with Gasteiger partial charge in [0, 0.05) is 10.5 Å². The second kappa shape index (κ2) is 6.50. The Balaban J connectivity index is 2.34. The molecule has 88 valence electrons. The van der Waals surface area contributed by atoms with Gasteiger partial charge >= 0.3 is 0 Å². The predicted molar refractivity (Wildman–Crippen MR) is 64.3 cm³/mol. The largest absolute Gasteiger partial charge is 0.484 e. The number of halogens is 1. The fraction of sp³-hybridized carbons (Fsp3) is 0.364. The number of ether oxygens (including phenoxy) is 1. The standard InChI is InChI=1S/C11H14BrNO3/c1-8(6-14)13-11(15)7-16-10-4-2-9(12)3-5-10/h2-5,8,14H,6-7H2,1H3,(H,13,15)/t8-/m0/s1. The Bertz CT molecular complexity index is 340. The average Bonchev–Trinajstić information content (AvgIpc) is 2.28. The van der Waals surface area contributed by atoms with Gasteiger partial charge in [-0.2, -0.15) is 0 Å². The Hall–Kier alpha value is -1.07. The summed E-state index contributed by atoms with van der Waals surface area (Å²) >= 11 is 3.30. The van der Waals surface area contributed by atoms with E-state index in [-0.39, 0.29) is 25.2 Å². The lowest BCUT2D eigenvalue weighted by atomic mass is 10.3. The summed E-state index contributed by atoms with van der Waals surface area (Å²) in [5.74, 6) is 0.388. The monoisotopic (exact) mass is 287 g/mol. The zero-order valence-corrected chi connectivity index (χ0v) is 10.5. The molecule has 0 radical (unpaired) electrons. The number of amides is 1. The summed E-state index contributed by atoms with van der Waals surface area (Å²) in [5, 5.41) is 11.3. The van der Waals surface area contributed by atoms with E-state index in [1.165, 1.54) is 0 Å². The van der Waals surface area contributed by atoms with Crippen molar-refractivity contribution in [1.29, 1.82) is 0 Å². The minimum Gasteiger partial charge on any atom is -0.484 e. The van der Waals surface area contributed by atoms with Gasteiger partial charge in [0.1, 0.15) is 5.75 Å². The molecule has 0 aromatic heterocycles. The zero-order valence-electron chi connectivity index (χ0n) is 8.94. The third-order valence-corrected chi connectivity index (χ3v) is 2.39. The first-order valence-electron chi connectivity index (χ1n) is 4.90. The van der Waals surface area contributed by atoms with Crippen molar-refractivity contribution in [3.8, 4) is 5.75 Å². The molecule has 0 aliphatic carbocycles. The number of hydrogen-bond acceptors (Lipinski definition) is 3. The van der Waals surface area contributed by atoms with Crippen LogP contribution in [0.2, 0.25) is 0 Å². The van der Waals surface area contributed by atoms with Crippen molar-refractivity contribution in [1.82, 2.24) is 5.32 Å². The Labute approximate surface area is 103 Å². The quantitative estimate of drug-likeness (QED) is 0.859. The van der Waals surface area contributed by atoms with Crippen LogP contribution in [0.25, 0.3) is 0 Å². The lowest BCUT2D eigenvalue weighted by Gasteiger charge is -2.11. The molecule has 0 bridgehead atoms. The third-order valence-electron chi connectivity index (χ3n) is 1.86. The van der Waals surface area contributed by atoms with E-state index in [0.717, 1.165) is 4.47 Å². The SMILES string of the molecule is C[C@@H](CO)NC(=O)COc1ccc(Br)cc1. The molecule has 1 aromatic carbocycles. The topological polar surface area (TPSA) is 58.6 Å². The van der Waals surface area contributed by atoms with Gasteiger partial charge in [0.2, 0.25) is 0 Å². The number of aliphatic hydroxyl groups excluding tert-OH is 1. The second-order valence-electron chi connectivity index (χ2n) is 3.39. The van der Waals surface area contributed by atoms with Gasteiger partial charge < -0.3 is 15.2 Å². The van der Waals surface area contributed by atoms with E-state index in [1.807, 2.05) is 12.1 Å². The van der Waals surface area contributed by atoms with Crippen LogP contribution in [0.1, 0.15) is 6.92 Å². The molecule has 0 fully saturated rings. The summed E-state index contributed by atoms with van der Waals surface area (Å²) in [6, 6.07) is 6.97. The zero-order chi connectivity index (χ0) is 12.0. The molecule has 0 unspecified atom stereocenters. The molecule has 0 aliphatic rings. The van der Waals surface area contributed by atoms with Gasteiger partial charge in [0.05, 0.1) is 6.61 Å². The highest BCUT2D eigenvalue weighted by atomic mass is 79.9. The summed E-state index contributed by atoms with van der Waals surface area (Å²) in [4.78, 5) is 11.3. The van der Waals surface area contributed by atoms with Gasteiger partial charge in [-0.15, -0.1) is 0 Å². The number of carbonyl (C=O) groups is 1. The van der Waals surface area contributed by atoms with Crippen LogP contribution >= 0.6 is 15.9 Å². The van der Waals surface area contributed by atoms with Crippen LogP contribution < -0.4 is 10.1 Å². The second-order valence-corrected chi connectivity index (χ2v) is 4.31. The van der Waals surface area contributed by atoms with E-state index >= 15 is 0 Å². The van der Waals surface area contributed by atoms with Crippen molar-refractivity contribution in [2.24, 2.45) is 0 Å². The number of rotatable bonds is 5. The predicted octanol–water partition coefficient (Wildman–Crippen LogP) is 1.32. The molecule has 0 saturated heterocycles. The van der Waals surface area contributed by atoms with Crippen molar-refractivity contribution < 1.29 is 14.6 Å². The van der Waals surface area contributed by atoms with Gasteiger partial charge in [-0.1, -0.05) is 15.9 Å². The maximum absolute atomic E-state index is 11.3. The minimum atomic E-state index is -0.249. The molecule has 1 atom stereocenters. The molecular weight excluding hydrogens is 274 g/mol. The fourth-order valence-corrected chi connectivity index (χ4v) is 1.31. The number of hydrogen-bond donors (Lipinski definition) is 2. The van der Waals surface area contributed by atoms with Gasteiger partial charge in [-0.05, 0) is 31.2 Å². The molecule has 1 rings (SSSR count). The first-order valence-corrected chi connectivity index (χ1v) is 5.69. The summed E-state index contributed by atoms with van der Waals surface area (Å²) in [7, 11) is 0. The number of benzene rings is 1. The molecule has 0 spiro atoms. The van der Waals surface area contributed by atoms with E-state index < -0.39 is 0 Å². The Kier molecular flexibility index (Phi) is 5.28. The van der Waals surface area contributed by atoms with Crippen LogP contribution in [-0.2, 0) is 4.79 Å². The lowest BCUT2D eigenvalue weighted by Crippen LogP contribution is -2.38. The molecule has 0 heterocycles. The van der Waals surface area contributed by atoms with Crippen LogP contribution in [0.5, 0.6) is 5.75 Å². The first-order chi connectivity index (χ1) is 7.61. The van der Waals surface area contributed by atoms with Crippen LogP contribution in [0.4, 0.5) is 0 Å².